The smallest absolute Gasteiger partial charge is 0.200 e. The van der Waals surface area contributed by atoms with Gasteiger partial charge in [0.25, 0.3) is 0 Å². The summed E-state index contributed by atoms with van der Waals surface area (Å²) in [4.78, 5) is 0. The van der Waals surface area contributed by atoms with Crippen molar-refractivity contribution in [3.8, 4) is 0 Å². The lowest BCUT2D eigenvalue weighted by atomic mass is 9.59. The quantitative estimate of drug-likeness (QED) is 0.728. The average Bonchev–Trinajstić information content (AvgIpc) is 2.68. The summed E-state index contributed by atoms with van der Waals surface area (Å²) in [6.45, 7) is 2.13. The van der Waals surface area contributed by atoms with E-state index in [2.05, 4.69) is 6.92 Å². The van der Waals surface area contributed by atoms with Gasteiger partial charge in [-0.25, -0.2) is 0 Å². The first-order valence-electron chi connectivity index (χ1n) is 7.09. The maximum Gasteiger partial charge on any atom is 0.200 e. The largest absolute Gasteiger partial charge is 0.390 e. The molecule has 2 bridgehead atoms. The summed E-state index contributed by atoms with van der Waals surface area (Å²) in [5, 5.41) is 20.7. The van der Waals surface area contributed by atoms with Crippen LogP contribution >= 0.6 is 0 Å². The third-order valence-electron chi connectivity index (χ3n) is 5.71. The van der Waals surface area contributed by atoms with Gasteiger partial charge in [0, 0.05) is 32.5 Å². The molecule has 110 valence electrons. The Bertz CT molecular complexity index is 369. The fourth-order valence-corrected chi connectivity index (χ4v) is 4.84. The lowest BCUT2D eigenvalue weighted by Gasteiger charge is -2.59. The lowest BCUT2D eigenvalue weighted by molar-refractivity contribution is -0.380. The molecule has 0 unspecified atom stereocenters. The zero-order valence-corrected chi connectivity index (χ0v) is 11.9. The number of fused-ring (bicyclic) bond motifs is 1. The molecule has 0 aromatic carbocycles. The average molecular weight is 272 g/mol. The van der Waals surface area contributed by atoms with Gasteiger partial charge in [0.15, 0.2) is 11.4 Å². The number of aliphatic hydroxyl groups excluding tert-OH is 2. The Kier molecular flexibility index (Phi) is 3.01. The summed E-state index contributed by atoms with van der Waals surface area (Å²) in [6, 6.07) is 0. The summed E-state index contributed by atoms with van der Waals surface area (Å²) in [5.41, 5.74) is -1.09. The third-order valence-corrected chi connectivity index (χ3v) is 5.71. The first-order chi connectivity index (χ1) is 8.95. The van der Waals surface area contributed by atoms with E-state index in [1.54, 1.807) is 14.2 Å². The normalized spacial score (nSPS) is 51.9. The molecule has 0 radical (unpaired) electrons. The number of methoxy groups -OCH3 is 2. The zero-order chi connectivity index (χ0) is 13.9. The van der Waals surface area contributed by atoms with Crippen LogP contribution in [0.1, 0.15) is 39.0 Å². The van der Waals surface area contributed by atoms with E-state index in [-0.39, 0.29) is 11.5 Å². The summed E-state index contributed by atoms with van der Waals surface area (Å²) < 4.78 is 17.6. The second kappa shape index (κ2) is 4.15. The van der Waals surface area contributed by atoms with Crippen molar-refractivity contribution in [2.45, 2.75) is 68.7 Å². The van der Waals surface area contributed by atoms with Crippen LogP contribution in [0.2, 0.25) is 0 Å². The lowest BCUT2D eigenvalue weighted by Crippen LogP contribution is -2.72. The van der Waals surface area contributed by atoms with Gasteiger partial charge in [-0.1, -0.05) is 6.92 Å². The Hall–Kier alpha value is -0.200. The predicted molar refractivity (Wildman–Crippen MR) is 67.6 cm³/mol. The van der Waals surface area contributed by atoms with E-state index in [0.29, 0.717) is 12.8 Å². The van der Waals surface area contributed by atoms with Crippen LogP contribution in [0.5, 0.6) is 0 Å². The van der Waals surface area contributed by atoms with Crippen LogP contribution in [-0.4, -0.2) is 54.1 Å². The third kappa shape index (κ3) is 1.43. The first kappa shape index (κ1) is 13.8. The van der Waals surface area contributed by atoms with Gasteiger partial charge in [0.1, 0.15) is 0 Å². The Labute approximate surface area is 113 Å². The van der Waals surface area contributed by atoms with Crippen LogP contribution < -0.4 is 0 Å². The van der Waals surface area contributed by atoms with Gasteiger partial charge in [-0.15, -0.1) is 0 Å². The molecule has 5 heteroatoms. The van der Waals surface area contributed by atoms with Crippen molar-refractivity contribution in [1.82, 2.24) is 0 Å². The zero-order valence-electron chi connectivity index (χ0n) is 11.9. The molecule has 0 amide bonds. The van der Waals surface area contributed by atoms with E-state index in [1.165, 1.54) is 0 Å². The van der Waals surface area contributed by atoms with Gasteiger partial charge in [-0.2, -0.15) is 0 Å². The molecule has 0 aromatic heterocycles. The molecule has 5 atom stereocenters. The molecule has 3 fully saturated rings. The van der Waals surface area contributed by atoms with Gasteiger partial charge in [-0.3, -0.25) is 0 Å². The Morgan fingerprint density at radius 3 is 2.47 bits per heavy atom. The highest BCUT2D eigenvalue weighted by atomic mass is 16.7. The summed E-state index contributed by atoms with van der Waals surface area (Å²) >= 11 is 0. The van der Waals surface area contributed by atoms with Gasteiger partial charge >= 0.3 is 0 Å². The molecule has 3 rings (SSSR count). The summed E-state index contributed by atoms with van der Waals surface area (Å²) in [6.07, 6.45) is 2.11. The van der Waals surface area contributed by atoms with E-state index in [1.807, 2.05) is 0 Å². The second-order valence-electron chi connectivity index (χ2n) is 6.49. The van der Waals surface area contributed by atoms with Crippen molar-refractivity contribution in [1.29, 1.82) is 0 Å². The van der Waals surface area contributed by atoms with Crippen molar-refractivity contribution in [2.24, 2.45) is 5.41 Å². The first-order valence-corrected chi connectivity index (χ1v) is 7.09. The Morgan fingerprint density at radius 2 is 1.84 bits per heavy atom. The van der Waals surface area contributed by atoms with Crippen molar-refractivity contribution in [2.75, 3.05) is 14.2 Å². The Balaban J connectivity index is 2.13. The van der Waals surface area contributed by atoms with Gasteiger partial charge in [0.05, 0.1) is 18.3 Å². The van der Waals surface area contributed by atoms with Crippen molar-refractivity contribution < 1.29 is 24.4 Å². The number of hydrogen-bond acceptors (Lipinski definition) is 5. The topological polar surface area (TPSA) is 68.2 Å². The highest BCUT2D eigenvalue weighted by molar-refractivity contribution is 5.21. The number of aliphatic hydroxyl groups is 2. The van der Waals surface area contributed by atoms with Crippen LogP contribution in [0.3, 0.4) is 0 Å². The van der Waals surface area contributed by atoms with E-state index in [9.17, 15) is 10.2 Å². The molecule has 1 spiro atoms. The van der Waals surface area contributed by atoms with E-state index in [4.69, 9.17) is 14.2 Å². The van der Waals surface area contributed by atoms with Crippen LogP contribution in [0.15, 0.2) is 0 Å². The number of rotatable bonds is 2. The van der Waals surface area contributed by atoms with Crippen LogP contribution in [0, 0.1) is 5.41 Å². The molecular formula is C14H24O5. The second-order valence-corrected chi connectivity index (χ2v) is 6.49. The standard InChI is InChI=1S/C14H24O5/c1-12-5-4-6-13(17-2,18-3)14(12)11(16)7-9(15)10(8-12)19-14/h9-11,15-16H,4-8H2,1-3H3/t9-,10+,11-,12-,14+/m0/s1. The molecule has 2 N–H and O–H groups in total. The van der Waals surface area contributed by atoms with Gasteiger partial charge < -0.3 is 24.4 Å². The van der Waals surface area contributed by atoms with E-state index in [0.717, 1.165) is 19.3 Å². The minimum Gasteiger partial charge on any atom is -0.390 e. The fraction of sp³-hybridized carbons (Fsp3) is 1.00. The molecule has 1 aliphatic carbocycles. The summed E-state index contributed by atoms with van der Waals surface area (Å²) in [5.74, 6) is -0.922. The molecule has 2 saturated heterocycles. The maximum atomic E-state index is 10.7. The number of ether oxygens (including phenoxy) is 3. The maximum absolute atomic E-state index is 10.7. The minimum absolute atomic E-state index is 0.223. The SMILES string of the molecule is COC1(OC)CCC[C@@]2(C)C[C@H]3O[C@@]12[C@@H](O)C[C@@H]3O. The van der Waals surface area contributed by atoms with Crippen molar-refractivity contribution in [3.63, 3.8) is 0 Å². The summed E-state index contributed by atoms with van der Waals surface area (Å²) in [7, 11) is 3.22. The molecule has 19 heavy (non-hydrogen) atoms. The van der Waals surface area contributed by atoms with Gasteiger partial charge in [0.2, 0.25) is 0 Å². The van der Waals surface area contributed by atoms with Crippen LogP contribution in [0.25, 0.3) is 0 Å². The monoisotopic (exact) mass is 272 g/mol. The van der Waals surface area contributed by atoms with E-state index >= 15 is 0 Å². The highest BCUT2D eigenvalue weighted by Crippen LogP contribution is 2.64. The molecule has 1 saturated carbocycles. The highest BCUT2D eigenvalue weighted by Gasteiger charge is 2.75. The van der Waals surface area contributed by atoms with Crippen molar-refractivity contribution >= 4 is 0 Å². The molecule has 3 aliphatic rings. The van der Waals surface area contributed by atoms with E-state index < -0.39 is 23.6 Å². The molecule has 5 nitrogen and oxygen atoms in total. The Morgan fingerprint density at radius 1 is 1.16 bits per heavy atom. The van der Waals surface area contributed by atoms with Crippen molar-refractivity contribution in [3.05, 3.63) is 0 Å². The van der Waals surface area contributed by atoms with Crippen LogP contribution in [0.4, 0.5) is 0 Å². The molecule has 0 aromatic rings. The molecule has 2 heterocycles. The van der Waals surface area contributed by atoms with Crippen LogP contribution in [-0.2, 0) is 14.2 Å². The molecule has 2 aliphatic heterocycles. The van der Waals surface area contributed by atoms with Gasteiger partial charge in [-0.05, 0) is 19.3 Å². The molecular weight excluding hydrogens is 248 g/mol. The number of hydrogen-bond donors (Lipinski definition) is 2. The predicted octanol–water partition coefficient (Wildman–Crippen LogP) is 0.819. The minimum atomic E-state index is -0.922. The fourth-order valence-electron chi connectivity index (χ4n) is 4.84.